The number of hydrogen-bond donors (Lipinski definition) is 1. The van der Waals surface area contributed by atoms with E-state index in [0.29, 0.717) is 0 Å². The smallest absolute Gasteiger partial charge is 0.115 e. The number of phenolic OH excluding ortho intramolecular Hbond substituents is 1. The van der Waals surface area contributed by atoms with E-state index < -0.39 is 0 Å². The summed E-state index contributed by atoms with van der Waals surface area (Å²) in [7, 11) is 0. The molecule has 0 unspecified atom stereocenters. The molecule has 0 saturated carbocycles. The first-order chi connectivity index (χ1) is 13.7. The fraction of sp³-hybridized carbons (Fsp3) is 0.0370. The van der Waals surface area contributed by atoms with Crippen molar-refractivity contribution >= 4 is 21.5 Å². The van der Waals surface area contributed by atoms with Crippen LogP contribution in [0.3, 0.4) is 0 Å². The highest BCUT2D eigenvalue weighted by Crippen LogP contribution is 2.42. The zero-order chi connectivity index (χ0) is 19.1. The van der Waals surface area contributed by atoms with Gasteiger partial charge in [-0.2, -0.15) is 0 Å². The lowest BCUT2D eigenvalue weighted by Crippen LogP contribution is -1.92. The van der Waals surface area contributed by atoms with Gasteiger partial charge in [0, 0.05) is 0 Å². The molecule has 0 heterocycles. The van der Waals surface area contributed by atoms with Crippen LogP contribution >= 0.6 is 0 Å². The number of hydrogen-bond acceptors (Lipinski definition) is 1. The van der Waals surface area contributed by atoms with Gasteiger partial charge in [0.2, 0.25) is 0 Å². The molecule has 1 N–H and O–H groups in total. The van der Waals surface area contributed by atoms with E-state index in [9.17, 15) is 5.11 Å². The van der Waals surface area contributed by atoms with Crippen LogP contribution in [-0.4, -0.2) is 5.11 Å². The molecule has 0 spiro atoms. The van der Waals surface area contributed by atoms with Crippen LogP contribution in [0, 0.1) is 6.92 Å². The second-order valence-corrected chi connectivity index (χ2v) is 7.28. The molecular formula is C27H20O. The first-order valence-corrected chi connectivity index (χ1v) is 9.52. The molecule has 0 bridgehead atoms. The van der Waals surface area contributed by atoms with E-state index in [4.69, 9.17) is 0 Å². The Labute approximate surface area is 164 Å². The number of aromatic hydroxyl groups is 1. The third-order valence-electron chi connectivity index (χ3n) is 5.42. The molecule has 0 amide bonds. The van der Waals surface area contributed by atoms with Gasteiger partial charge in [0.25, 0.3) is 0 Å². The molecule has 0 saturated heterocycles. The highest BCUT2D eigenvalue weighted by atomic mass is 16.3. The molecule has 0 atom stereocenters. The minimum absolute atomic E-state index is 0.285. The van der Waals surface area contributed by atoms with Crippen molar-refractivity contribution in [1.29, 1.82) is 0 Å². The lowest BCUT2D eigenvalue weighted by atomic mass is 9.86. The maximum Gasteiger partial charge on any atom is 0.115 e. The van der Waals surface area contributed by atoms with Gasteiger partial charge in [-0.05, 0) is 80.6 Å². The van der Waals surface area contributed by atoms with Crippen molar-refractivity contribution in [2.24, 2.45) is 0 Å². The summed E-state index contributed by atoms with van der Waals surface area (Å²) in [6.45, 7) is 2.18. The van der Waals surface area contributed by atoms with Crippen molar-refractivity contribution in [3.05, 3.63) is 103 Å². The predicted octanol–water partition coefficient (Wildman–Crippen LogP) is 7.34. The number of aryl methyl sites for hydroxylation is 1. The quantitative estimate of drug-likeness (QED) is 0.326. The lowest BCUT2D eigenvalue weighted by molar-refractivity contribution is 0.475. The Hall–Kier alpha value is -3.58. The number of benzene rings is 5. The summed E-state index contributed by atoms with van der Waals surface area (Å²) in [5.74, 6) is 0.285. The third-order valence-corrected chi connectivity index (χ3v) is 5.42. The predicted molar refractivity (Wildman–Crippen MR) is 119 cm³/mol. The van der Waals surface area contributed by atoms with E-state index in [1.165, 1.54) is 43.8 Å². The minimum atomic E-state index is 0.285. The van der Waals surface area contributed by atoms with E-state index >= 15 is 0 Å². The first-order valence-electron chi connectivity index (χ1n) is 9.52. The SMILES string of the molecule is Cc1cc2cc3ccccc3cc2c(-c2ccc(O)cc2)c1-c1ccccc1. The Bertz CT molecular complexity index is 1300. The molecular weight excluding hydrogens is 340 g/mol. The van der Waals surface area contributed by atoms with Crippen molar-refractivity contribution in [2.75, 3.05) is 0 Å². The van der Waals surface area contributed by atoms with Crippen molar-refractivity contribution < 1.29 is 5.11 Å². The van der Waals surface area contributed by atoms with Crippen molar-refractivity contribution in [2.45, 2.75) is 6.92 Å². The molecule has 0 radical (unpaired) electrons. The van der Waals surface area contributed by atoms with E-state index in [1.54, 1.807) is 12.1 Å². The van der Waals surface area contributed by atoms with Gasteiger partial charge in [-0.1, -0.05) is 72.8 Å². The normalized spacial score (nSPS) is 11.2. The maximum atomic E-state index is 9.80. The maximum absolute atomic E-state index is 9.80. The zero-order valence-corrected chi connectivity index (χ0v) is 15.7. The Morgan fingerprint density at radius 1 is 0.536 bits per heavy atom. The van der Waals surface area contributed by atoms with Gasteiger partial charge in [-0.25, -0.2) is 0 Å². The first kappa shape index (κ1) is 16.6. The molecule has 5 aromatic rings. The van der Waals surface area contributed by atoms with Crippen molar-refractivity contribution in [1.82, 2.24) is 0 Å². The van der Waals surface area contributed by atoms with Crippen LogP contribution in [0.4, 0.5) is 0 Å². The van der Waals surface area contributed by atoms with Gasteiger partial charge in [-0.15, -0.1) is 0 Å². The molecule has 0 fully saturated rings. The monoisotopic (exact) mass is 360 g/mol. The molecule has 0 aromatic heterocycles. The fourth-order valence-corrected chi connectivity index (χ4v) is 4.14. The van der Waals surface area contributed by atoms with E-state index in [0.717, 1.165) is 5.56 Å². The van der Waals surface area contributed by atoms with Crippen LogP contribution in [0.15, 0.2) is 97.1 Å². The fourth-order valence-electron chi connectivity index (χ4n) is 4.14. The molecule has 5 rings (SSSR count). The minimum Gasteiger partial charge on any atom is -0.508 e. The van der Waals surface area contributed by atoms with Gasteiger partial charge in [0.15, 0.2) is 0 Å². The molecule has 1 heteroatoms. The molecule has 0 aliphatic carbocycles. The third kappa shape index (κ3) is 2.73. The standard InChI is InChI=1S/C27H20O/c1-18-15-23-16-21-9-5-6-10-22(21)17-25(23)27(20-11-13-24(28)14-12-20)26(18)19-7-3-2-4-8-19/h2-17,28H,1H3. The summed E-state index contributed by atoms with van der Waals surface area (Å²) >= 11 is 0. The van der Waals surface area contributed by atoms with E-state index in [2.05, 4.69) is 73.7 Å². The number of rotatable bonds is 2. The number of phenols is 1. The summed E-state index contributed by atoms with van der Waals surface area (Å²) < 4.78 is 0. The summed E-state index contributed by atoms with van der Waals surface area (Å²) in [5.41, 5.74) is 6.02. The molecule has 28 heavy (non-hydrogen) atoms. The summed E-state index contributed by atoms with van der Waals surface area (Å²) in [4.78, 5) is 0. The van der Waals surface area contributed by atoms with Crippen molar-refractivity contribution in [3.8, 4) is 28.0 Å². The average molecular weight is 360 g/mol. The Morgan fingerprint density at radius 3 is 1.86 bits per heavy atom. The Balaban J connectivity index is 1.95. The average Bonchev–Trinajstić information content (AvgIpc) is 2.73. The highest BCUT2D eigenvalue weighted by molar-refractivity contribution is 6.10. The van der Waals surface area contributed by atoms with E-state index in [-0.39, 0.29) is 5.75 Å². The topological polar surface area (TPSA) is 20.2 Å². The summed E-state index contributed by atoms with van der Waals surface area (Å²) in [6.07, 6.45) is 0. The Morgan fingerprint density at radius 2 is 1.14 bits per heavy atom. The van der Waals surface area contributed by atoms with Gasteiger partial charge in [0.1, 0.15) is 5.75 Å². The van der Waals surface area contributed by atoms with Crippen LogP contribution in [-0.2, 0) is 0 Å². The largest absolute Gasteiger partial charge is 0.508 e. The Kier molecular flexibility index (Phi) is 3.87. The van der Waals surface area contributed by atoms with Crippen LogP contribution in [0.5, 0.6) is 5.75 Å². The van der Waals surface area contributed by atoms with Gasteiger partial charge in [-0.3, -0.25) is 0 Å². The van der Waals surface area contributed by atoms with Gasteiger partial charge < -0.3 is 5.11 Å². The lowest BCUT2D eigenvalue weighted by Gasteiger charge is -2.18. The van der Waals surface area contributed by atoms with Crippen LogP contribution < -0.4 is 0 Å². The second-order valence-electron chi connectivity index (χ2n) is 7.28. The molecule has 0 aliphatic heterocycles. The zero-order valence-electron chi connectivity index (χ0n) is 15.7. The molecule has 1 nitrogen and oxygen atoms in total. The van der Waals surface area contributed by atoms with Gasteiger partial charge >= 0.3 is 0 Å². The number of fused-ring (bicyclic) bond motifs is 2. The van der Waals surface area contributed by atoms with E-state index in [1.807, 2.05) is 18.2 Å². The summed E-state index contributed by atoms with van der Waals surface area (Å²) in [5, 5.41) is 14.7. The van der Waals surface area contributed by atoms with Crippen molar-refractivity contribution in [3.63, 3.8) is 0 Å². The van der Waals surface area contributed by atoms with Gasteiger partial charge in [0.05, 0.1) is 0 Å². The molecule has 5 aromatic carbocycles. The summed E-state index contributed by atoms with van der Waals surface area (Å²) in [6, 6.07) is 33.4. The molecule has 0 aliphatic rings. The molecule has 134 valence electrons. The van der Waals surface area contributed by atoms with Crippen LogP contribution in [0.1, 0.15) is 5.56 Å². The second kappa shape index (κ2) is 6.54. The van der Waals surface area contributed by atoms with Crippen LogP contribution in [0.25, 0.3) is 43.8 Å². The highest BCUT2D eigenvalue weighted by Gasteiger charge is 2.15. The van der Waals surface area contributed by atoms with Crippen LogP contribution in [0.2, 0.25) is 0 Å².